The number of nitrogens with one attached hydrogen (secondary N) is 1. The summed E-state index contributed by atoms with van der Waals surface area (Å²) in [5.74, 6) is -0.164. The minimum atomic E-state index is -0.386. The second kappa shape index (κ2) is 9.97. The van der Waals surface area contributed by atoms with Gasteiger partial charge in [0.05, 0.1) is 19.2 Å². The Hall–Kier alpha value is -2.54. The Balaban J connectivity index is 1.81. The first kappa shape index (κ1) is 20.8. The van der Waals surface area contributed by atoms with E-state index in [1.54, 1.807) is 5.38 Å². The number of hydrogen-bond acceptors (Lipinski definition) is 6. The molecule has 1 heterocycles. The molecule has 0 saturated carbocycles. The van der Waals surface area contributed by atoms with Crippen LogP contribution in [0.4, 0.5) is 5.13 Å². The van der Waals surface area contributed by atoms with Gasteiger partial charge in [-0.1, -0.05) is 38.1 Å². The molecule has 0 saturated heterocycles. The number of methoxy groups -OCH3 is 1. The smallest absolute Gasteiger partial charge is 0.311 e. The van der Waals surface area contributed by atoms with Gasteiger partial charge in [0, 0.05) is 23.8 Å². The molecule has 2 rings (SSSR count). The molecule has 1 aromatic carbocycles. The van der Waals surface area contributed by atoms with E-state index < -0.39 is 0 Å². The Morgan fingerprint density at radius 1 is 1.15 bits per heavy atom. The zero-order chi connectivity index (χ0) is 19.8. The summed E-state index contributed by atoms with van der Waals surface area (Å²) in [5, 5.41) is 4.75. The SMILES string of the molecule is COC(=O)Cc1csc(NC(=O)CCC(=O)c2ccc(CC(C)C)cc2)n1. The molecule has 0 aliphatic heterocycles. The number of anilines is 1. The molecule has 0 atom stereocenters. The largest absolute Gasteiger partial charge is 0.469 e. The fraction of sp³-hybridized carbons (Fsp3) is 0.400. The summed E-state index contributed by atoms with van der Waals surface area (Å²) in [5.41, 5.74) is 2.36. The molecule has 1 aromatic heterocycles. The Labute approximate surface area is 163 Å². The molecule has 2 aromatic rings. The van der Waals surface area contributed by atoms with Gasteiger partial charge in [-0.2, -0.15) is 0 Å². The number of ether oxygens (including phenoxy) is 1. The first-order valence-electron chi connectivity index (χ1n) is 8.80. The molecule has 0 aliphatic carbocycles. The summed E-state index contributed by atoms with van der Waals surface area (Å²) >= 11 is 1.23. The summed E-state index contributed by atoms with van der Waals surface area (Å²) in [4.78, 5) is 39.6. The lowest BCUT2D eigenvalue weighted by molar-refractivity contribution is -0.139. The number of carbonyl (C=O) groups excluding carboxylic acids is 3. The van der Waals surface area contributed by atoms with Gasteiger partial charge in [0.2, 0.25) is 5.91 Å². The van der Waals surface area contributed by atoms with Gasteiger partial charge >= 0.3 is 5.97 Å². The number of aromatic nitrogens is 1. The van der Waals surface area contributed by atoms with Gasteiger partial charge in [-0.15, -0.1) is 11.3 Å². The highest BCUT2D eigenvalue weighted by atomic mass is 32.1. The van der Waals surface area contributed by atoms with E-state index in [-0.39, 0.29) is 36.9 Å². The molecule has 0 spiro atoms. The van der Waals surface area contributed by atoms with Crippen molar-refractivity contribution in [3.63, 3.8) is 0 Å². The third-order valence-electron chi connectivity index (χ3n) is 3.85. The quantitative estimate of drug-likeness (QED) is 0.523. The zero-order valence-electron chi connectivity index (χ0n) is 15.8. The van der Waals surface area contributed by atoms with Gasteiger partial charge in [-0.05, 0) is 17.9 Å². The monoisotopic (exact) mass is 388 g/mol. The second-order valence-corrected chi connectivity index (χ2v) is 7.52. The third kappa shape index (κ3) is 6.94. The van der Waals surface area contributed by atoms with Crippen molar-refractivity contribution in [2.75, 3.05) is 12.4 Å². The van der Waals surface area contributed by atoms with Crippen LogP contribution in [0, 0.1) is 5.92 Å². The molecular weight excluding hydrogens is 364 g/mol. The first-order chi connectivity index (χ1) is 12.9. The fourth-order valence-corrected chi connectivity index (χ4v) is 3.24. The van der Waals surface area contributed by atoms with Crippen molar-refractivity contribution >= 4 is 34.1 Å². The van der Waals surface area contributed by atoms with Gasteiger partial charge in [0.25, 0.3) is 0 Å². The van der Waals surface area contributed by atoms with Crippen LogP contribution in [0.5, 0.6) is 0 Å². The molecule has 6 nitrogen and oxygen atoms in total. The van der Waals surface area contributed by atoms with Crippen molar-refractivity contribution in [3.8, 4) is 0 Å². The number of Topliss-reactive ketones (excluding diaryl/α,β-unsaturated/α-hetero) is 1. The van der Waals surface area contributed by atoms with Crippen molar-refractivity contribution in [1.82, 2.24) is 4.98 Å². The molecule has 0 aliphatic rings. The van der Waals surface area contributed by atoms with Crippen LogP contribution in [0.1, 0.15) is 48.3 Å². The van der Waals surface area contributed by atoms with Crippen LogP contribution in [-0.2, 0) is 27.2 Å². The normalized spacial score (nSPS) is 10.7. The number of benzene rings is 1. The van der Waals surface area contributed by atoms with Crippen molar-refractivity contribution in [2.24, 2.45) is 5.92 Å². The van der Waals surface area contributed by atoms with Gasteiger partial charge < -0.3 is 10.1 Å². The molecule has 1 N–H and O–H groups in total. The molecule has 0 fully saturated rings. The van der Waals surface area contributed by atoms with Crippen molar-refractivity contribution in [2.45, 2.75) is 39.5 Å². The number of carbonyl (C=O) groups is 3. The minimum Gasteiger partial charge on any atom is -0.469 e. The van der Waals surface area contributed by atoms with Crippen LogP contribution in [-0.4, -0.2) is 29.8 Å². The maximum Gasteiger partial charge on any atom is 0.311 e. The Kier molecular flexibility index (Phi) is 7.67. The Bertz CT molecular complexity index is 797. The van der Waals surface area contributed by atoms with E-state index in [1.807, 2.05) is 24.3 Å². The topological polar surface area (TPSA) is 85.4 Å². The molecule has 0 bridgehead atoms. The Morgan fingerprint density at radius 2 is 1.85 bits per heavy atom. The van der Waals surface area contributed by atoms with Crippen LogP contribution >= 0.6 is 11.3 Å². The van der Waals surface area contributed by atoms with E-state index in [1.165, 1.54) is 24.0 Å². The predicted octanol–water partition coefficient (Wildman–Crippen LogP) is 3.66. The minimum absolute atomic E-state index is 0.0632. The van der Waals surface area contributed by atoms with Gasteiger partial charge in [-0.3, -0.25) is 14.4 Å². The number of amides is 1. The van der Waals surface area contributed by atoms with Crippen molar-refractivity contribution in [1.29, 1.82) is 0 Å². The number of thiazole rings is 1. The average Bonchev–Trinajstić information content (AvgIpc) is 3.06. The molecule has 1 amide bonds. The van der Waals surface area contributed by atoms with Gasteiger partial charge in [0.1, 0.15) is 0 Å². The lowest BCUT2D eigenvalue weighted by atomic mass is 9.99. The summed E-state index contributed by atoms with van der Waals surface area (Å²) in [6.07, 6.45) is 1.26. The molecule has 27 heavy (non-hydrogen) atoms. The second-order valence-electron chi connectivity index (χ2n) is 6.66. The highest BCUT2D eigenvalue weighted by Gasteiger charge is 2.12. The summed E-state index contributed by atoms with van der Waals surface area (Å²) in [7, 11) is 1.31. The van der Waals surface area contributed by atoms with E-state index in [2.05, 4.69) is 28.9 Å². The van der Waals surface area contributed by atoms with Gasteiger partial charge in [0.15, 0.2) is 10.9 Å². The summed E-state index contributed by atoms with van der Waals surface area (Å²) < 4.78 is 4.58. The molecular formula is C20H24N2O4S. The maximum atomic E-state index is 12.2. The van der Waals surface area contributed by atoms with Crippen molar-refractivity contribution < 1.29 is 19.1 Å². The number of rotatable bonds is 9. The third-order valence-corrected chi connectivity index (χ3v) is 4.66. The van der Waals surface area contributed by atoms with Crippen LogP contribution in [0.3, 0.4) is 0 Å². The Morgan fingerprint density at radius 3 is 2.48 bits per heavy atom. The van der Waals surface area contributed by atoms with Crippen LogP contribution in [0.25, 0.3) is 0 Å². The van der Waals surface area contributed by atoms with E-state index in [0.717, 1.165) is 6.42 Å². The fourth-order valence-electron chi connectivity index (χ4n) is 2.52. The summed E-state index contributed by atoms with van der Waals surface area (Å²) in [6.45, 7) is 4.30. The van der Waals surface area contributed by atoms with E-state index >= 15 is 0 Å². The lowest BCUT2D eigenvalue weighted by Gasteiger charge is -2.06. The van der Waals surface area contributed by atoms with Gasteiger partial charge in [-0.25, -0.2) is 4.98 Å². The highest BCUT2D eigenvalue weighted by molar-refractivity contribution is 7.13. The number of ketones is 1. The molecule has 0 unspecified atom stereocenters. The molecule has 0 radical (unpaired) electrons. The first-order valence-corrected chi connectivity index (χ1v) is 9.68. The number of nitrogens with zero attached hydrogens (tertiary/aromatic N) is 1. The molecule has 7 heteroatoms. The number of hydrogen-bond donors (Lipinski definition) is 1. The predicted molar refractivity (Wildman–Crippen MR) is 105 cm³/mol. The van der Waals surface area contributed by atoms with E-state index in [0.29, 0.717) is 22.3 Å². The highest BCUT2D eigenvalue weighted by Crippen LogP contribution is 2.17. The van der Waals surface area contributed by atoms with Crippen LogP contribution in [0.2, 0.25) is 0 Å². The standard InChI is InChI=1S/C20H24N2O4S/c1-13(2)10-14-4-6-15(7-5-14)17(23)8-9-18(24)22-20-21-16(12-27-20)11-19(25)26-3/h4-7,12-13H,8-11H2,1-3H3,(H,21,22,24). The van der Waals surface area contributed by atoms with E-state index in [9.17, 15) is 14.4 Å². The van der Waals surface area contributed by atoms with Crippen LogP contribution in [0.15, 0.2) is 29.6 Å². The van der Waals surface area contributed by atoms with E-state index in [4.69, 9.17) is 0 Å². The average molecular weight is 388 g/mol. The zero-order valence-corrected chi connectivity index (χ0v) is 16.6. The maximum absolute atomic E-state index is 12.2. The summed E-state index contributed by atoms with van der Waals surface area (Å²) in [6, 6.07) is 7.56. The van der Waals surface area contributed by atoms with Crippen molar-refractivity contribution in [3.05, 3.63) is 46.5 Å². The molecule has 144 valence electrons. The van der Waals surface area contributed by atoms with Crippen LogP contribution < -0.4 is 5.32 Å². The number of esters is 1. The lowest BCUT2D eigenvalue weighted by Crippen LogP contribution is -2.13.